The van der Waals surface area contributed by atoms with Gasteiger partial charge in [0.25, 0.3) is 5.91 Å². The minimum Gasteiger partial charge on any atom is -0.398 e. The molecule has 0 radical (unpaired) electrons. The Kier molecular flexibility index (Phi) is 4.35. The fourth-order valence-electron chi connectivity index (χ4n) is 1.38. The fraction of sp³-hybridized carbons (Fsp3) is 0.417. The van der Waals surface area contributed by atoms with E-state index in [1.165, 1.54) is 0 Å². The van der Waals surface area contributed by atoms with Crippen LogP contribution < -0.4 is 5.73 Å². The standard InChI is InChI=1S/C12H17BrN2O/c1-4-8(2)15(3)12(16)9-6-5-7-10(14)11(9)13/h5-8H,4,14H2,1-3H3. The Morgan fingerprint density at radius 2 is 2.19 bits per heavy atom. The minimum absolute atomic E-state index is 0.00600. The minimum atomic E-state index is -0.00600. The van der Waals surface area contributed by atoms with Gasteiger partial charge in [0.2, 0.25) is 0 Å². The molecule has 0 saturated heterocycles. The van der Waals surface area contributed by atoms with Gasteiger partial charge < -0.3 is 10.6 Å². The van der Waals surface area contributed by atoms with E-state index in [-0.39, 0.29) is 11.9 Å². The van der Waals surface area contributed by atoms with Crippen LogP contribution in [0.5, 0.6) is 0 Å². The predicted octanol–water partition coefficient (Wildman–Crippen LogP) is 2.90. The Morgan fingerprint density at radius 1 is 1.56 bits per heavy atom. The molecule has 0 saturated carbocycles. The Hall–Kier alpha value is -1.03. The number of nitrogens with zero attached hydrogens (tertiary/aromatic N) is 1. The maximum absolute atomic E-state index is 12.2. The molecule has 0 aliphatic heterocycles. The van der Waals surface area contributed by atoms with Crippen LogP contribution in [0.15, 0.2) is 22.7 Å². The van der Waals surface area contributed by atoms with E-state index in [1.807, 2.05) is 14.0 Å². The van der Waals surface area contributed by atoms with E-state index in [9.17, 15) is 4.79 Å². The number of carbonyl (C=O) groups is 1. The van der Waals surface area contributed by atoms with Crippen molar-refractivity contribution in [2.75, 3.05) is 12.8 Å². The van der Waals surface area contributed by atoms with Crippen molar-refractivity contribution < 1.29 is 4.79 Å². The van der Waals surface area contributed by atoms with Gasteiger partial charge in [-0.15, -0.1) is 0 Å². The number of rotatable bonds is 3. The van der Waals surface area contributed by atoms with Crippen LogP contribution in [-0.2, 0) is 0 Å². The number of hydrogen-bond acceptors (Lipinski definition) is 2. The second-order valence-electron chi connectivity index (χ2n) is 3.88. The molecule has 1 unspecified atom stereocenters. The smallest absolute Gasteiger partial charge is 0.255 e. The van der Waals surface area contributed by atoms with Crippen LogP contribution in [0, 0.1) is 0 Å². The molecule has 2 N–H and O–H groups in total. The summed E-state index contributed by atoms with van der Waals surface area (Å²) >= 11 is 3.35. The summed E-state index contributed by atoms with van der Waals surface area (Å²) in [6, 6.07) is 5.56. The highest BCUT2D eigenvalue weighted by Crippen LogP contribution is 2.25. The lowest BCUT2D eigenvalue weighted by Crippen LogP contribution is -2.34. The number of anilines is 1. The van der Waals surface area contributed by atoms with Crippen LogP contribution in [0.1, 0.15) is 30.6 Å². The molecule has 0 aliphatic carbocycles. The maximum atomic E-state index is 12.2. The Morgan fingerprint density at radius 3 is 2.75 bits per heavy atom. The molecule has 0 spiro atoms. The molecule has 0 fully saturated rings. The van der Waals surface area contributed by atoms with E-state index in [0.29, 0.717) is 15.7 Å². The summed E-state index contributed by atoms with van der Waals surface area (Å²) < 4.78 is 0.676. The van der Waals surface area contributed by atoms with Crippen LogP contribution >= 0.6 is 15.9 Å². The van der Waals surface area contributed by atoms with E-state index in [4.69, 9.17) is 5.73 Å². The van der Waals surface area contributed by atoms with Gasteiger partial charge in [0.15, 0.2) is 0 Å². The topological polar surface area (TPSA) is 46.3 Å². The monoisotopic (exact) mass is 284 g/mol. The van der Waals surface area contributed by atoms with E-state index in [0.717, 1.165) is 6.42 Å². The van der Waals surface area contributed by atoms with Gasteiger partial charge in [-0.2, -0.15) is 0 Å². The summed E-state index contributed by atoms with van der Waals surface area (Å²) in [4.78, 5) is 13.9. The van der Waals surface area contributed by atoms with Crippen LogP contribution in [0.2, 0.25) is 0 Å². The van der Waals surface area contributed by atoms with Crippen LogP contribution in [0.4, 0.5) is 5.69 Å². The highest BCUT2D eigenvalue weighted by molar-refractivity contribution is 9.10. The second kappa shape index (κ2) is 5.34. The zero-order valence-electron chi connectivity index (χ0n) is 9.83. The van der Waals surface area contributed by atoms with Crippen molar-refractivity contribution in [2.24, 2.45) is 0 Å². The van der Waals surface area contributed by atoms with Gasteiger partial charge >= 0.3 is 0 Å². The van der Waals surface area contributed by atoms with Crippen molar-refractivity contribution in [3.8, 4) is 0 Å². The molecule has 0 aromatic heterocycles. The third kappa shape index (κ3) is 2.55. The van der Waals surface area contributed by atoms with Crippen molar-refractivity contribution in [3.63, 3.8) is 0 Å². The number of nitrogens with two attached hydrogens (primary N) is 1. The summed E-state index contributed by atoms with van der Waals surface area (Å²) in [5.41, 5.74) is 6.95. The predicted molar refractivity (Wildman–Crippen MR) is 70.4 cm³/mol. The molecule has 1 rings (SSSR count). The zero-order chi connectivity index (χ0) is 12.3. The maximum Gasteiger partial charge on any atom is 0.255 e. The Bertz CT molecular complexity index is 393. The van der Waals surface area contributed by atoms with Gasteiger partial charge in [0, 0.05) is 18.8 Å². The van der Waals surface area contributed by atoms with Gasteiger partial charge in [-0.3, -0.25) is 4.79 Å². The molecule has 16 heavy (non-hydrogen) atoms. The molecule has 4 heteroatoms. The lowest BCUT2D eigenvalue weighted by molar-refractivity contribution is 0.0739. The van der Waals surface area contributed by atoms with Crippen molar-refractivity contribution in [2.45, 2.75) is 26.3 Å². The molecule has 3 nitrogen and oxygen atoms in total. The molecule has 1 aromatic carbocycles. The van der Waals surface area contributed by atoms with Crippen molar-refractivity contribution >= 4 is 27.5 Å². The zero-order valence-corrected chi connectivity index (χ0v) is 11.4. The van der Waals surface area contributed by atoms with Crippen LogP contribution in [-0.4, -0.2) is 23.9 Å². The summed E-state index contributed by atoms with van der Waals surface area (Å²) in [6.07, 6.45) is 0.933. The van der Waals surface area contributed by atoms with Gasteiger partial charge in [-0.1, -0.05) is 13.0 Å². The first-order valence-corrected chi connectivity index (χ1v) is 6.09. The van der Waals surface area contributed by atoms with Crippen LogP contribution in [0.25, 0.3) is 0 Å². The van der Waals surface area contributed by atoms with Gasteiger partial charge in [0.05, 0.1) is 10.0 Å². The fourth-order valence-corrected chi connectivity index (χ4v) is 1.81. The highest BCUT2D eigenvalue weighted by Gasteiger charge is 2.19. The summed E-state index contributed by atoms with van der Waals surface area (Å²) in [7, 11) is 1.81. The number of nitrogen functional groups attached to an aromatic ring is 1. The number of halogens is 1. The number of carbonyl (C=O) groups excluding carboxylic acids is 1. The molecule has 1 aromatic rings. The average molecular weight is 285 g/mol. The lowest BCUT2D eigenvalue weighted by atomic mass is 10.1. The molecular weight excluding hydrogens is 268 g/mol. The Balaban J connectivity index is 3.01. The molecule has 0 bridgehead atoms. The highest BCUT2D eigenvalue weighted by atomic mass is 79.9. The quantitative estimate of drug-likeness (QED) is 0.868. The normalized spacial score (nSPS) is 12.2. The first-order valence-electron chi connectivity index (χ1n) is 5.30. The molecule has 1 atom stereocenters. The Labute approximate surface area is 105 Å². The third-order valence-corrected chi connectivity index (χ3v) is 3.72. The lowest BCUT2D eigenvalue weighted by Gasteiger charge is -2.24. The summed E-state index contributed by atoms with van der Waals surface area (Å²) in [6.45, 7) is 4.08. The molecule has 0 heterocycles. The largest absolute Gasteiger partial charge is 0.398 e. The van der Waals surface area contributed by atoms with Crippen molar-refractivity contribution in [1.82, 2.24) is 4.90 Å². The van der Waals surface area contributed by atoms with Gasteiger partial charge in [-0.25, -0.2) is 0 Å². The van der Waals surface area contributed by atoms with Gasteiger partial charge in [0.1, 0.15) is 0 Å². The van der Waals surface area contributed by atoms with E-state index < -0.39 is 0 Å². The van der Waals surface area contributed by atoms with Crippen LogP contribution in [0.3, 0.4) is 0 Å². The number of hydrogen-bond donors (Lipinski definition) is 1. The SMILES string of the molecule is CCC(C)N(C)C(=O)c1cccc(N)c1Br. The summed E-state index contributed by atoms with van der Waals surface area (Å²) in [5.74, 6) is -0.00600. The second-order valence-corrected chi connectivity index (χ2v) is 4.68. The molecule has 88 valence electrons. The van der Waals surface area contributed by atoms with E-state index >= 15 is 0 Å². The van der Waals surface area contributed by atoms with Crippen molar-refractivity contribution in [1.29, 1.82) is 0 Å². The number of amides is 1. The molecule has 1 amide bonds. The number of benzene rings is 1. The third-order valence-electron chi connectivity index (χ3n) is 2.83. The van der Waals surface area contributed by atoms with E-state index in [1.54, 1.807) is 23.1 Å². The first-order chi connectivity index (χ1) is 7.49. The summed E-state index contributed by atoms with van der Waals surface area (Å²) in [5, 5.41) is 0. The average Bonchev–Trinajstić information content (AvgIpc) is 2.29. The van der Waals surface area contributed by atoms with E-state index in [2.05, 4.69) is 22.9 Å². The first kappa shape index (κ1) is 13.0. The molecule has 0 aliphatic rings. The van der Waals surface area contributed by atoms with Crippen molar-refractivity contribution in [3.05, 3.63) is 28.2 Å². The van der Waals surface area contributed by atoms with Gasteiger partial charge in [-0.05, 0) is 41.4 Å². The molecular formula is C12H17BrN2O.